The Morgan fingerprint density at radius 2 is 2.19 bits per heavy atom. The first kappa shape index (κ1) is 13.1. The average Bonchev–Trinajstić information content (AvgIpc) is 2.26. The van der Waals surface area contributed by atoms with Gasteiger partial charge in [0.25, 0.3) is 0 Å². The minimum atomic E-state index is 0.470. The third kappa shape index (κ3) is 4.29. The molecule has 0 atom stereocenters. The Morgan fingerprint density at radius 1 is 1.44 bits per heavy atom. The van der Waals surface area contributed by atoms with E-state index in [2.05, 4.69) is 31.0 Å². The number of hydrogen-bond donors (Lipinski definition) is 1. The molecule has 0 fully saturated rings. The van der Waals surface area contributed by atoms with Crippen LogP contribution in [0.15, 0.2) is 24.3 Å². The summed E-state index contributed by atoms with van der Waals surface area (Å²) in [6.45, 7) is 4.30. The topological polar surface area (TPSA) is 29.3 Å². The van der Waals surface area contributed by atoms with Crippen molar-refractivity contribution < 1.29 is 0 Å². The van der Waals surface area contributed by atoms with Crippen molar-refractivity contribution in [1.29, 1.82) is 0 Å². The lowest BCUT2D eigenvalue weighted by atomic mass is 10.1. The van der Waals surface area contributed by atoms with Crippen molar-refractivity contribution >= 4 is 17.2 Å². The van der Waals surface area contributed by atoms with E-state index in [1.165, 1.54) is 18.4 Å². The van der Waals surface area contributed by atoms with Crippen molar-refractivity contribution in [3.8, 4) is 0 Å². The van der Waals surface area contributed by atoms with Gasteiger partial charge in [0.2, 0.25) is 0 Å². The molecule has 1 rings (SSSR count). The minimum Gasteiger partial charge on any atom is -0.389 e. The Labute approximate surface area is 103 Å². The van der Waals surface area contributed by atoms with Crippen molar-refractivity contribution in [1.82, 2.24) is 4.90 Å². The molecule has 1 aromatic rings. The maximum atomic E-state index is 5.61. The normalized spacial score (nSPS) is 10.7. The Kier molecular flexibility index (Phi) is 5.43. The zero-order valence-electron chi connectivity index (χ0n) is 10.1. The molecular weight excluding hydrogens is 216 g/mol. The van der Waals surface area contributed by atoms with Crippen LogP contribution in [-0.2, 0) is 6.54 Å². The van der Waals surface area contributed by atoms with Gasteiger partial charge in [-0.25, -0.2) is 0 Å². The average molecular weight is 236 g/mol. The Hall–Kier alpha value is -0.930. The molecule has 2 N–H and O–H groups in total. The van der Waals surface area contributed by atoms with Gasteiger partial charge in [-0.05, 0) is 31.6 Å². The van der Waals surface area contributed by atoms with Crippen LogP contribution in [0.3, 0.4) is 0 Å². The number of benzene rings is 1. The van der Waals surface area contributed by atoms with Crippen molar-refractivity contribution in [3.05, 3.63) is 35.4 Å². The number of thiocarbonyl (C=S) groups is 1. The molecule has 0 amide bonds. The van der Waals surface area contributed by atoms with E-state index in [-0.39, 0.29) is 0 Å². The van der Waals surface area contributed by atoms with Gasteiger partial charge in [-0.1, -0.05) is 43.8 Å². The van der Waals surface area contributed by atoms with Crippen molar-refractivity contribution in [3.63, 3.8) is 0 Å². The molecule has 0 aliphatic rings. The summed E-state index contributed by atoms with van der Waals surface area (Å²) in [6, 6.07) is 8.16. The lowest BCUT2D eigenvalue weighted by molar-refractivity contribution is 0.321. The van der Waals surface area contributed by atoms with Crippen LogP contribution < -0.4 is 5.73 Å². The van der Waals surface area contributed by atoms with Gasteiger partial charge in [0.05, 0.1) is 0 Å². The highest BCUT2D eigenvalue weighted by atomic mass is 32.1. The third-order valence-electron chi connectivity index (χ3n) is 2.56. The van der Waals surface area contributed by atoms with Crippen LogP contribution in [0.5, 0.6) is 0 Å². The molecule has 0 bridgehead atoms. The van der Waals surface area contributed by atoms with Gasteiger partial charge in [0.15, 0.2) is 0 Å². The van der Waals surface area contributed by atoms with Gasteiger partial charge >= 0.3 is 0 Å². The first-order valence-electron chi connectivity index (χ1n) is 5.70. The summed E-state index contributed by atoms with van der Waals surface area (Å²) in [4.78, 5) is 2.79. The molecule has 1 aromatic carbocycles. The van der Waals surface area contributed by atoms with E-state index in [0.29, 0.717) is 4.99 Å². The Balaban J connectivity index is 2.59. The van der Waals surface area contributed by atoms with Crippen LogP contribution in [-0.4, -0.2) is 23.5 Å². The summed E-state index contributed by atoms with van der Waals surface area (Å²) in [5.41, 5.74) is 7.83. The predicted molar refractivity (Wildman–Crippen MR) is 73.6 cm³/mol. The largest absolute Gasteiger partial charge is 0.389 e. The second-order valence-electron chi connectivity index (χ2n) is 4.16. The maximum Gasteiger partial charge on any atom is 0.103 e. The molecule has 0 heterocycles. The first-order chi connectivity index (χ1) is 7.63. The second kappa shape index (κ2) is 6.61. The fourth-order valence-electron chi connectivity index (χ4n) is 1.64. The standard InChI is InChI=1S/C13H20N2S/c1-3-4-8-15(2)10-11-6-5-7-12(9-11)13(14)16/h5-7,9H,3-4,8,10H2,1-2H3,(H2,14,16). The summed E-state index contributed by atoms with van der Waals surface area (Å²) in [7, 11) is 2.14. The van der Waals surface area contributed by atoms with Gasteiger partial charge in [-0.3, -0.25) is 0 Å². The van der Waals surface area contributed by atoms with Crippen LogP contribution in [0.1, 0.15) is 30.9 Å². The fraction of sp³-hybridized carbons (Fsp3) is 0.462. The van der Waals surface area contributed by atoms with E-state index < -0.39 is 0 Å². The number of nitrogens with zero attached hydrogens (tertiary/aromatic N) is 1. The highest BCUT2D eigenvalue weighted by Gasteiger charge is 2.02. The monoisotopic (exact) mass is 236 g/mol. The zero-order valence-corrected chi connectivity index (χ0v) is 10.9. The smallest absolute Gasteiger partial charge is 0.103 e. The first-order valence-corrected chi connectivity index (χ1v) is 6.11. The Morgan fingerprint density at radius 3 is 2.81 bits per heavy atom. The lowest BCUT2D eigenvalue weighted by Crippen LogP contribution is -2.19. The number of nitrogens with two attached hydrogens (primary N) is 1. The van der Waals surface area contributed by atoms with E-state index in [9.17, 15) is 0 Å². The molecule has 0 aromatic heterocycles. The van der Waals surface area contributed by atoms with Crippen molar-refractivity contribution in [2.45, 2.75) is 26.3 Å². The molecule has 0 spiro atoms. The van der Waals surface area contributed by atoms with Gasteiger partial charge < -0.3 is 10.6 Å². The van der Waals surface area contributed by atoms with Crippen LogP contribution in [0.4, 0.5) is 0 Å². The summed E-state index contributed by atoms with van der Waals surface area (Å²) in [5.74, 6) is 0. The minimum absolute atomic E-state index is 0.470. The van der Waals surface area contributed by atoms with E-state index in [1.807, 2.05) is 12.1 Å². The second-order valence-corrected chi connectivity index (χ2v) is 4.60. The molecule has 88 valence electrons. The summed E-state index contributed by atoms with van der Waals surface area (Å²) in [5, 5.41) is 0. The number of unbranched alkanes of at least 4 members (excludes halogenated alkanes) is 1. The van der Waals surface area contributed by atoms with Gasteiger partial charge in [-0.15, -0.1) is 0 Å². The molecule has 0 radical (unpaired) electrons. The van der Waals surface area contributed by atoms with Crippen molar-refractivity contribution in [2.75, 3.05) is 13.6 Å². The number of hydrogen-bond acceptors (Lipinski definition) is 2. The SMILES string of the molecule is CCCCN(C)Cc1cccc(C(N)=S)c1. The van der Waals surface area contributed by atoms with E-state index in [0.717, 1.165) is 18.7 Å². The zero-order chi connectivity index (χ0) is 12.0. The molecule has 3 heteroatoms. The highest BCUT2D eigenvalue weighted by Crippen LogP contribution is 2.08. The maximum absolute atomic E-state index is 5.61. The summed E-state index contributed by atoms with van der Waals surface area (Å²) >= 11 is 4.97. The molecule has 0 unspecified atom stereocenters. The molecular formula is C13H20N2S. The van der Waals surface area contributed by atoms with Crippen LogP contribution >= 0.6 is 12.2 Å². The molecule has 2 nitrogen and oxygen atoms in total. The quantitative estimate of drug-likeness (QED) is 0.770. The van der Waals surface area contributed by atoms with Gasteiger partial charge in [-0.2, -0.15) is 0 Å². The van der Waals surface area contributed by atoms with E-state index >= 15 is 0 Å². The molecule has 16 heavy (non-hydrogen) atoms. The highest BCUT2D eigenvalue weighted by molar-refractivity contribution is 7.80. The molecule has 0 saturated heterocycles. The van der Waals surface area contributed by atoms with Crippen LogP contribution in [0, 0.1) is 0 Å². The molecule has 0 aliphatic heterocycles. The molecule has 0 aliphatic carbocycles. The van der Waals surface area contributed by atoms with Gasteiger partial charge in [0, 0.05) is 12.1 Å². The van der Waals surface area contributed by atoms with E-state index in [4.69, 9.17) is 18.0 Å². The summed E-state index contributed by atoms with van der Waals surface area (Å²) < 4.78 is 0. The summed E-state index contributed by atoms with van der Waals surface area (Å²) in [6.07, 6.45) is 2.47. The van der Waals surface area contributed by atoms with E-state index in [1.54, 1.807) is 0 Å². The number of rotatable bonds is 6. The molecule has 0 saturated carbocycles. The third-order valence-corrected chi connectivity index (χ3v) is 2.79. The van der Waals surface area contributed by atoms with Crippen LogP contribution in [0.25, 0.3) is 0 Å². The lowest BCUT2D eigenvalue weighted by Gasteiger charge is -2.16. The predicted octanol–water partition coefficient (Wildman–Crippen LogP) is 2.55. The van der Waals surface area contributed by atoms with Gasteiger partial charge in [0.1, 0.15) is 4.99 Å². The van der Waals surface area contributed by atoms with Crippen molar-refractivity contribution in [2.24, 2.45) is 5.73 Å². The Bertz CT molecular complexity index is 350. The van der Waals surface area contributed by atoms with Crippen LogP contribution in [0.2, 0.25) is 0 Å². The fourth-order valence-corrected chi connectivity index (χ4v) is 1.77.